The summed E-state index contributed by atoms with van der Waals surface area (Å²) in [4.78, 5) is 0.163. The topological polar surface area (TPSA) is 70.0 Å². The van der Waals surface area contributed by atoms with E-state index in [0.717, 1.165) is 10.0 Å². The van der Waals surface area contributed by atoms with Crippen LogP contribution in [0.25, 0.3) is 0 Å². The third-order valence-electron chi connectivity index (χ3n) is 3.01. The average molecular weight is 365 g/mol. The summed E-state index contributed by atoms with van der Waals surface area (Å²) >= 11 is 3.33. The van der Waals surface area contributed by atoms with Crippen LogP contribution in [-0.4, -0.2) is 8.42 Å². The van der Waals surface area contributed by atoms with Gasteiger partial charge in [0.15, 0.2) is 0 Å². The Morgan fingerprint density at radius 2 is 1.86 bits per heavy atom. The smallest absolute Gasteiger partial charge is 0.207 e. The first kappa shape index (κ1) is 15.7. The molecule has 0 bridgehead atoms. The first-order valence-corrected chi connectivity index (χ1v) is 8.45. The molecule has 0 aliphatic heterocycles. The molecule has 2 rings (SSSR count). The van der Waals surface area contributed by atoms with Gasteiger partial charge < -0.3 is 0 Å². The van der Waals surface area contributed by atoms with E-state index in [9.17, 15) is 8.42 Å². The fourth-order valence-electron chi connectivity index (χ4n) is 1.79. The van der Waals surface area contributed by atoms with Crippen LogP contribution in [-0.2, 0) is 16.6 Å². The summed E-state index contributed by atoms with van der Waals surface area (Å²) in [6, 6.07) is 13.9. The molecular formula is C15H13BrN2O2S. The number of halogens is 1. The Labute approximate surface area is 132 Å². The number of aryl methyl sites for hydroxylation is 1. The highest BCUT2D eigenvalue weighted by molar-refractivity contribution is 9.10. The molecule has 0 saturated heterocycles. The Hall–Kier alpha value is -1.68. The number of hydrogen-bond donors (Lipinski definition) is 1. The second-order valence-corrected chi connectivity index (χ2v) is 7.22. The Bertz CT molecular complexity index is 793. The van der Waals surface area contributed by atoms with Gasteiger partial charge >= 0.3 is 0 Å². The molecule has 0 spiro atoms. The van der Waals surface area contributed by atoms with Gasteiger partial charge in [0.1, 0.15) is 0 Å². The molecule has 0 atom stereocenters. The standard InChI is InChI=1S/C15H13BrN2O2S/c1-11-8-15(7-4-13(11)9-17)21(19,20)18-10-12-2-5-14(16)6-3-12/h2-8,18H,10H2,1H3. The van der Waals surface area contributed by atoms with Crippen LogP contribution < -0.4 is 4.72 Å². The highest BCUT2D eigenvalue weighted by Gasteiger charge is 2.14. The monoisotopic (exact) mass is 364 g/mol. The van der Waals surface area contributed by atoms with Crippen molar-refractivity contribution in [2.75, 3.05) is 0 Å². The van der Waals surface area contributed by atoms with Crippen molar-refractivity contribution >= 4 is 26.0 Å². The summed E-state index contributed by atoms with van der Waals surface area (Å²) in [5.41, 5.74) is 1.98. The highest BCUT2D eigenvalue weighted by Crippen LogP contribution is 2.16. The van der Waals surface area contributed by atoms with E-state index in [2.05, 4.69) is 20.7 Å². The lowest BCUT2D eigenvalue weighted by Gasteiger charge is -2.08. The molecule has 0 saturated carbocycles. The number of rotatable bonds is 4. The van der Waals surface area contributed by atoms with E-state index in [0.29, 0.717) is 11.1 Å². The highest BCUT2D eigenvalue weighted by atomic mass is 79.9. The summed E-state index contributed by atoms with van der Waals surface area (Å²) in [6.07, 6.45) is 0. The molecular weight excluding hydrogens is 352 g/mol. The predicted molar refractivity (Wildman–Crippen MR) is 84.1 cm³/mol. The molecule has 4 nitrogen and oxygen atoms in total. The molecule has 21 heavy (non-hydrogen) atoms. The van der Waals surface area contributed by atoms with E-state index in [1.54, 1.807) is 6.92 Å². The molecule has 1 N–H and O–H groups in total. The normalized spacial score (nSPS) is 11.1. The van der Waals surface area contributed by atoms with E-state index >= 15 is 0 Å². The number of hydrogen-bond acceptors (Lipinski definition) is 3. The molecule has 0 heterocycles. The Morgan fingerprint density at radius 1 is 1.19 bits per heavy atom. The number of nitriles is 1. The molecule has 2 aromatic rings. The summed E-state index contributed by atoms with van der Waals surface area (Å²) in [5.74, 6) is 0. The maximum absolute atomic E-state index is 12.2. The van der Waals surface area contributed by atoms with E-state index < -0.39 is 10.0 Å². The fourth-order valence-corrected chi connectivity index (χ4v) is 3.16. The number of nitrogens with one attached hydrogen (secondary N) is 1. The van der Waals surface area contributed by atoms with Crippen LogP contribution in [0.3, 0.4) is 0 Å². The molecule has 0 radical (unpaired) electrons. The number of benzene rings is 2. The van der Waals surface area contributed by atoms with Crippen LogP contribution in [0.5, 0.6) is 0 Å². The molecule has 6 heteroatoms. The first-order chi connectivity index (χ1) is 9.92. The van der Waals surface area contributed by atoms with Crippen LogP contribution in [0.1, 0.15) is 16.7 Å². The zero-order valence-electron chi connectivity index (χ0n) is 11.3. The van der Waals surface area contributed by atoms with Gasteiger partial charge in [-0.1, -0.05) is 28.1 Å². The first-order valence-electron chi connectivity index (χ1n) is 6.17. The van der Waals surface area contributed by atoms with Crippen molar-refractivity contribution in [2.24, 2.45) is 0 Å². The second kappa shape index (κ2) is 6.39. The maximum Gasteiger partial charge on any atom is 0.240 e. The van der Waals surface area contributed by atoms with E-state index in [1.807, 2.05) is 30.3 Å². The molecule has 0 aliphatic carbocycles. The lowest BCUT2D eigenvalue weighted by Crippen LogP contribution is -2.23. The average Bonchev–Trinajstić information content (AvgIpc) is 2.46. The van der Waals surface area contributed by atoms with E-state index in [4.69, 9.17) is 5.26 Å². The van der Waals surface area contributed by atoms with Gasteiger partial charge in [0.2, 0.25) is 10.0 Å². The summed E-state index contributed by atoms with van der Waals surface area (Å²) in [5, 5.41) is 8.87. The molecule has 0 fully saturated rings. The number of sulfonamides is 1. The van der Waals surface area contributed by atoms with Crippen molar-refractivity contribution in [3.63, 3.8) is 0 Å². The van der Waals surface area contributed by atoms with Crippen molar-refractivity contribution in [3.8, 4) is 6.07 Å². The third-order valence-corrected chi connectivity index (χ3v) is 4.94. The van der Waals surface area contributed by atoms with E-state index in [-0.39, 0.29) is 11.4 Å². The van der Waals surface area contributed by atoms with Gasteiger partial charge in [-0.15, -0.1) is 0 Å². The third kappa shape index (κ3) is 3.91. The fraction of sp³-hybridized carbons (Fsp3) is 0.133. The van der Waals surface area contributed by atoms with Crippen LogP contribution >= 0.6 is 15.9 Å². The Kier molecular flexibility index (Phi) is 4.78. The van der Waals surface area contributed by atoms with Crippen molar-refractivity contribution in [1.29, 1.82) is 5.26 Å². The Morgan fingerprint density at radius 3 is 2.43 bits per heavy atom. The van der Waals surface area contributed by atoms with Gasteiger partial charge in [-0.3, -0.25) is 0 Å². The zero-order valence-corrected chi connectivity index (χ0v) is 13.7. The minimum atomic E-state index is -3.59. The van der Waals surface area contributed by atoms with Crippen molar-refractivity contribution in [1.82, 2.24) is 4.72 Å². The largest absolute Gasteiger partial charge is 0.240 e. The van der Waals surface area contributed by atoms with Crippen LogP contribution in [0, 0.1) is 18.3 Å². The lowest BCUT2D eigenvalue weighted by molar-refractivity contribution is 0.581. The van der Waals surface area contributed by atoms with Crippen LogP contribution in [0.4, 0.5) is 0 Å². The molecule has 0 aliphatic rings. The number of nitrogens with zero attached hydrogens (tertiary/aromatic N) is 1. The van der Waals surface area contributed by atoms with Crippen LogP contribution in [0.2, 0.25) is 0 Å². The Balaban J connectivity index is 2.17. The van der Waals surface area contributed by atoms with Gasteiger partial charge in [0, 0.05) is 11.0 Å². The molecule has 0 aromatic heterocycles. The SMILES string of the molecule is Cc1cc(S(=O)(=O)NCc2ccc(Br)cc2)ccc1C#N. The summed E-state index contributed by atoms with van der Waals surface area (Å²) in [6.45, 7) is 1.93. The van der Waals surface area contributed by atoms with Gasteiger partial charge in [0.25, 0.3) is 0 Å². The minimum absolute atomic E-state index is 0.163. The van der Waals surface area contributed by atoms with Gasteiger partial charge in [0.05, 0.1) is 16.5 Å². The quantitative estimate of drug-likeness (QED) is 0.905. The van der Waals surface area contributed by atoms with Gasteiger partial charge in [-0.2, -0.15) is 5.26 Å². The molecule has 0 amide bonds. The molecule has 2 aromatic carbocycles. The lowest BCUT2D eigenvalue weighted by atomic mass is 10.1. The van der Waals surface area contributed by atoms with E-state index in [1.165, 1.54) is 18.2 Å². The zero-order chi connectivity index (χ0) is 15.5. The summed E-state index contributed by atoms with van der Waals surface area (Å²) < 4.78 is 27.9. The molecule has 108 valence electrons. The van der Waals surface area contributed by atoms with Crippen molar-refractivity contribution in [2.45, 2.75) is 18.4 Å². The van der Waals surface area contributed by atoms with Crippen molar-refractivity contribution in [3.05, 3.63) is 63.6 Å². The van der Waals surface area contributed by atoms with Crippen molar-refractivity contribution < 1.29 is 8.42 Å². The van der Waals surface area contributed by atoms with Crippen LogP contribution in [0.15, 0.2) is 51.8 Å². The second-order valence-electron chi connectivity index (χ2n) is 4.54. The molecule has 0 unspecified atom stereocenters. The minimum Gasteiger partial charge on any atom is -0.207 e. The summed E-state index contributed by atoms with van der Waals surface area (Å²) in [7, 11) is -3.59. The predicted octanol–water partition coefficient (Wildman–Crippen LogP) is 3.11. The van der Waals surface area contributed by atoms with Gasteiger partial charge in [-0.05, 0) is 48.4 Å². The van der Waals surface area contributed by atoms with Gasteiger partial charge in [-0.25, -0.2) is 13.1 Å². The maximum atomic E-state index is 12.2.